The molecular formula is C32H26N4O2. The quantitative estimate of drug-likeness (QED) is 0.217. The minimum Gasteiger partial charge on any atom is -0.465 e. The molecule has 8 bridgehead atoms. The number of aromatic nitrogens is 4. The van der Waals surface area contributed by atoms with Gasteiger partial charge in [-0.1, -0.05) is 31.9 Å². The summed E-state index contributed by atoms with van der Waals surface area (Å²) in [5.74, 6) is 2.44. The van der Waals surface area contributed by atoms with Crippen molar-refractivity contribution in [3.8, 4) is 23.5 Å². The van der Waals surface area contributed by atoms with Gasteiger partial charge in [0.25, 0.3) is 0 Å². The van der Waals surface area contributed by atoms with Gasteiger partial charge in [0.2, 0.25) is 0 Å². The van der Waals surface area contributed by atoms with E-state index in [2.05, 4.69) is 41.9 Å². The Labute approximate surface area is 220 Å². The van der Waals surface area contributed by atoms with Gasteiger partial charge in [0.15, 0.2) is 0 Å². The highest BCUT2D eigenvalue weighted by molar-refractivity contribution is 5.94. The van der Waals surface area contributed by atoms with Gasteiger partial charge in [-0.25, -0.2) is 9.78 Å². The van der Waals surface area contributed by atoms with Crippen molar-refractivity contribution in [3.63, 3.8) is 0 Å². The number of fused-ring (bicyclic) bond motifs is 8. The number of terminal acetylenes is 1. The number of methoxy groups -OCH3 is 1. The van der Waals surface area contributed by atoms with Gasteiger partial charge in [0.1, 0.15) is 0 Å². The molecule has 0 saturated carbocycles. The fourth-order valence-electron chi connectivity index (χ4n) is 5.04. The Morgan fingerprint density at radius 2 is 1.71 bits per heavy atom. The van der Waals surface area contributed by atoms with Crippen LogP contribution in [0, 0.1) is 12.3 Å². The lowest BCUT2D eigenvalue weighted by Crippen LogP contribution is -2.14. The minimum atomic E-state index is -0.381. The number of H-pyrrole nitrogens is 2. The van der Waals surface area contributed by atoms with E-state index in [4.69, 9.17) is 21.1 Å². The van der Waals surface area contributed by atoms with Crippen molar-refractivity contribution in [2.75, 3.05) is 7.11 Å². The second-order valence-electron chi connectivity index (χ2n) is 10.2. The summed E-state index contributed by atoms with van der Waals surface area (Å²) in [5.41, 5.74) is 10.1. The van der Waals surface area contributed by atoms with Crippen LogP contribution in [-0.4, -0.2) is 33.0 Å². The molecular weight excluding hydrogens is 472 g/mol. The molecule has 38 heavy (non-hydrogen) atoms. The first kappa shape index (κ1) is 23.5. The number of carbonyl (C=O) groups excluding carboxylic acids is 1. The largest absolute Gasteiger partial charge is 0.465 e. The lowest BCUT2D eigenvalue weighted by molar-refractivity contribution is 0.0600. The molecule has 186 valence electrons. The van der Waals surface area contributed by atoms with Crippen LogP contribution < -0.4 is 0 Å². The van der Waals surface area contributed by atoms with Gasteiger partial charge in [-0.15, -0.1) is 6.42 Å². The van der Waals surface area contributed by atoms with Crippen LogP contribution in [0.3, 0.4) is 0 Å². The van der Waals surface area contributed by atoms with Gasteiger partial charge in [-0.05, 0) is 66.2 Å². The summed E-state index contributed by atoms with van der Waals surface area (Å²) >= 11 is 0. The molecule has 0 saturated heterocycles. The van der Waals surface area contributed by atoms with E-state index in [1.54, 1.807) is 12.1 Å². The molecule has 1 aromatic carbocycles. The SMILES string of the molecule is C#Cc1cc2[nH]c1cc1nc(cc3ccc(cc4nc(c2-c2ccc(C(=O)OC)cc2)C=C4)[nH]3)C(C)(C)C1. The molecule has 6 nitrogen and oxygen atoms in total. The van der Waals surface area contributed by atoms with E-state index in [1.165, 1.54) is 7.11 Å². The maximum atomic E-state index is 12.0. The van der Waals surface area contributed by atoms with E-state index in [1.807, 2.05) is 48.6 Å². The summed E-state index contributed by atoms with van der Waals surface area (Å²) in [5, 5.41) is 0. The number of benzene rings is 1. The number of aromatic amines is 2. The molecule has 2 aliphatic heterocycles. The van der Waals surface area contributed by atoms with Crippen LogP contribution in [-0.2, 0) is 16.6 Å². The van der Waals surface area contributed by atoms with Crippen LogP contribution in [0.25, 0.3) is 45.3 Å². The number of esters is 1. The summed E-state index contributed by atoms with van der Waals surface area (Å²) in [7, 11) is 1.37. The zero-order valence-electron chi connectivity index (χ0n) is 21.4. The molecule has 0 aliphatic carbocycles. The third-order valence-electron chi connectivity index (χ3n) is 7.00. The van der Waals surface area contributed by atoms with Crippen LogP contribution in [0.5, 0.6) is 0 Å². The van der Waals surface area contributed by atoms with Crippen molar-refractivity contribution in [2.24, 2.45) is 0 Å². The third-order valence-corrected chi connectivity index (χ3v) is 7.00. The van der Waals surface area contributed by atoms with E-state index >= 15 is 0 Å². The van der Waals surface area contributed by atoms with E-state index < -0.39 is 0 Å². The van der Waals surface area contributed by atoms with Crippen LogP contribution >= 0.6 is 0 Å². The first-order chi connectivity index (χ1) is 18.3. The number of rotatable bonds is 2. The van der Waals surface area contributed by atoms with Crippen molar-refractivity contribution in [2.45, 2.75) is 25.7 Å². The molecule has 4 aromatic rings. The minimum absolute atomic E-state index is 0.110. The second-order valence-corrected chi connectivity index (χ2v) is 10.2. The maximum absolute atomic E-state index is 12.0. The highest BCUT2D eigenvalue weighted by atomic mass is 16.5. The summed E-state index contributed by atoms with van der Waals surface area (Å²) in [6, 6.07) is 19.6. The zero-order chi connectivity index (χ0) is 26.4. The smallest absolute Gasteiger partial charge is 0.337 e. The molecule has 0 spiro atoms. The summed E-state index contributed by atoms with van der Waals surface area (Å²) in [4.78, 5) is 28.9. The Morgan fingerprint density at radius 3 is 2.45 bits per heavy atom. The Bertz CT molecular complexity index is 1830. The number of hydrogen-bond acceptors (Lipinski definition) is 4. The van der Waals surface area contributed by atoms with Crippen LogP contribution in [0.4, 0.5) is 0 Å². The van der Waals surface area contributed by atoms with Crippen molar-refractivity contribution in [3.05, 3.63) is 94.6 Å². The van der Waals surface area contributed by atoms with Crippen LogP contribution in [0.15, 0.2) is 60.7 Å². The summed E-state index contributed by atoms with van der Waals surface area (Å²) in [6.07, 6.45) is 10.7. The fourth-order valence-corrected chi connectivity index (χ4v) is 5.04. The molecule has 6 rings (SSSR count). The standard InChI is InChI=1S/C32H26N4O2/c1-5-19-14-28-30(20-6-8-21(9-7-20)31(37)38-4)26-13-12-23(34-26)15-22-10-11-24(33-22)17-29-32(2,3)18-25(35-29)16-27(19)36-28/h1,6-17,33,36H,18H2,2-4H3. The zero-order valence-corrected chi connectivity index (χ0v) is 21.4. The number of nitrogens with one attached hydrogen (secondary N) is 2. The van der Waals surface area contributed by atoms with Gasteiger partial charge in [-0.2, -0.15) is 0 Å². The average molecular weight is 499 g/mol. The molecule has 6 heteroatoms. The molecule has 2 aliphatic rings. The Hall–Kier alpha value is -4.89. The normalized spacial score (nSPS) is 13.7. The number of ether oxygens (including phenoxy) is 1. The molecule has 0 fully saturated rings. The topological polar surface area (TPSA) is 83.7 Å². The summed E-state index contributed by atoms with van der Waals surface area (Å²) < 4.78 is 4.87. The van der Waals surface area contributed by atoms with Crippen molar-refractivity contribution in [1.82, 2.24) is 19.9 Å². The first-order valence-electron chi connectivity index (χ1n) is 12.4. The molecule has 3 aromatic heterocycles. The first-order valence-corrected chi connectivity index (χ1v) is 12.4. The van der Waals surface area contributed by atoms with E-state index in [-0.39, 0.29) is 11.4 Å². The van der Waals surface area contributed by atoms with Gasteiger partial charge >= 0.3 is 5.97 Å². The van der Waals surface area contributed by atoms with Crippen molar-refractivity contribution >= 4 is 40.2 Å². The van der Waals surface area contributed by atoms with Crippen LogP contribution in [0.1, 0.15) is 52.5 Å². The Kier molecular flexibility index (Phi) is 5.50. The number of hydrogen-bond donors (Lipinski definition) is 2. The second kappa shape index (κ2) is 8.89. The van der Waals surface area contributed by atoms with E-state index in [0.29, 0.717) is 5.56 Å². The number of carbonyl (C=O) groups is 1. The third kappa shape index (κ3) is 4.18. The van der Waals surface area contributed by atoms with Gasteiger partial charge in [0, 0.05) is 50.9 Å². The highest BCUT2D eigenvalue weighted by Gasteiger charge is 2.28. The van der Waals surface area contributed by atoms with Crippen LogP contribution in [0.2, 0.25) is 0 Å². The summed E-state index contributed by atoms with van der Waals surface area (Å²) in [6.45, 7) is 4.41. The fraction of sp³-hybridized carbons (Fsp3) is 0.156. The predicted octanol–water partition coefficient (Wildman–Crippen LogP) is 6.44. The van der Waals surface area contributed by atoms with E-state index in [9.17, 15) is 4.79 Å². The van der Waals surface area contributed by atoms with Gasteiger partial charge in [-0.3, -0.25) is 4.98 Å². The maximum Gasteiger partial charge on any atom is 0.337 e. The van der Waals surface area contributed by atoms with Gasteiger partial charge < -0.3 is 14.7 Å². The Morgan fingerprint density at radius 1 is 0.947 bits per heavy atom. The number of nitrogens with zero attached hydrogens (tertiary/aromatic N) is 2. The van der Waals surface area contributed by atoms with E-state index in [0.717, 1.165) is 68.0 Å². The lowest BCUT2D eigenvalue weighted by atomic mass is 9.87. The average Bonchev–Trinajstić information content (AvgIpc) is 3.68. The van der Waals surface area contributed by atoms with Gasteiger partial charge in [0.05, 0.1) is 29.6 Å². The molecule has 5 heterocycles. The van der Waals surface area contributed by atoms with Crippen molar-refractivity contribution < 1.29 is 9.53 Å². The Balaban J connectivity index is 1.69. The van der Waals surface area contributed by atoms with Crippen molar-refractivity contribution in [1.29, 1.82) is 0 Å². The predicted molar refractivity (Wildman–Crippen MR) is 151 cm³/mol. The molecule has 2 N–H and O–H groups in total. The lowest BCUT2D eigenvalue weighted by Gasteiger charge is -2.15. The molecule has 0 amide bonds. The molecule has 0 radical (unpaired) electrons. The molecule has 0 unspecified atom stereocenters. The molecule has 0 atom stereocenters. The monoisotopic (exact) mass is 498 g/mol. The highest BCUT2D eigenvalue weighted by Crippen LogP contribution is 2.33.